The van der Waals surface area contributed by atoms with Crippen molar-refractivity contribution in [1.29, 1.82) is 0 Å². The zero-order chi connectivity index (χ0) is 11.0. The van der Waals surface area contributed by atoms with Crippen molar-refractivity contribution in [3.63, 3.8) is 0 Å². The average molecular weight is 222 g/mol. The fourth-order valence-electron chi connectivity index (χ4n) is 1.80. The Bertz CT molecular complexity index is 508. The van der Waals surface area contributed by atoms with Gasteiger partial charge in [0.1, 0.15) is 5.75 Å². The summed E-state index contributed by atoms with van der Waals surface area (Å²) in [5.41, 5.74) is 1.66. The van der Waals surface area contributed by atoms with E-state index in [9.17, 15) is 5.11 Å². The number of pyridine rings is 1. The minimum absolute atomic E-state index is 0.236. The van der Waals surface area contributed by atoms with Gasteiger partial charge < -0.3 is 5.11 Å². The predicted molar refractivity (Wildman–Crippen MR) is 62.5 cm³/mol. The summed E-state index contributed by atoms with van der Waals surface area (Å²) >= 11 is 6.04. The maximum atomic E-state index is 9.76. The van der Waals surface area contributed by atoms with Gasteiger partial charge in [-0.05, 0) is 12.0 Å². The standard InChI is InChI=1S/C12H12ClNO/c1-7(2)11-8-4-3-5-9(13)12(8)14-6-10(11)15/h3-7,15H,1-2H3. The largest absolute Gasteiger partial charge is 0.506 e. The number of halogens is 1. The summed E-state index contributed by atoms with van der Waals surface area (Å²) < 4.78 is 0. The molecule has 0 spiro atoms. The van der Waals surface area contributed by atoms with Crippen LogP contribution >= 0.6 is 11.6 Å². The fourth-order valence-corrected chi connectivity index (χ4v) is 2.03. The number of hydrogen-bond acceptors (Lipinski definition) is 2. The van der Waals surface area contributed by atoms with Crippen molar-refractivity contribution in [2.75, 3.05) is 0 Å². The van der Waals surface area contributed by atoms with Crippen LogP contribution in [-0.4, -0.2) is 10.1 Å². The van der Waals surface area contributed by atoms with Crippen LogP contribution in [0.3, 0.4) is 0 Å². The topological polar surface area (TPSA) is 33.1 Å². The first kappa shape index (κ1) is 10.2. The van der Waals surface area contributed by atoms with Crippen LogP contribution in [-0.2, 0) is 0 Å². The van der Waals surface area contributed by atoms with Crippen LogP contribution < -0.4 is 0 Å². The van der Waals surface area contributed by atoms with Gasteiger partial charge in [-0.1, -0.05) is 37.6 Å². The van der Waals surface area contributed by atoms with E-state index in [1.165, 1.54) is 6.20 Å². The van der Waals surface area contributed by atoms with Crippen LogP contribution in [0.5, 0.6) is 5.75 Å². The quantitative estimate of drug-likeness (QED) is 0.796. The lowest BCUT2D eigenvalue weighted by molar-refractivity contribution is 0.464. The fraction of sp³-hybridized carbons (Fsp3) is 0.250. The Kier molecular flexibility index (Phi) is 2.53. The summed E-state index contributed by atoms with van der Waals surface area (Å²) in [6.07, 6.45) is 1.46. The lowest BCUT2D eigenvalue weighted by Crippen LogP contribution is -1.92. The van der Waals surface area contributed by atoms with Crippen molar-refractivity contribution in [3.05, 3.63) is 35.0 Å². The Balaban J connectivity index is 2.88. The molecule has 1 N–H and O–H groups in total. The zero-order valence-electron chi connectivity index (χ0n) is 8.66. The summed E-state index contributed by atoms with van der Waals surface area (Å²) in [7, 11) is 0. The number of rotatable bonds is 1. The van der Waals surface area contributed by atoms with Gasteiger partial charge >= 0.3 is 0 Å². The van der Waals surface area contributed by atoms with Gasteiger partial charge in [0.2, 0.25) is 0 Å². The van der Waals surface area contributed by atoms with Gasteiger partial charge in [-0.15, -0.1) is 0 Å². The van der Waals surface area contributed by atoms with Crippen LogP contribution in [0.4, 0.5) is 0 Å². The minimum Gasteiger partial charge on any atom is -0.506 e. The molecule has 0 saturated heterocycles. The molecule has 0 fully saturated rings. The van der Waals surface area contributed by atoms with Gasteiger partial charge in [-0.2, -0.15) is 0 Å². The normalized spacial score (nSPS) is 11.2. The molecule has 0 aliphatic rings. The lowest BCUT2D eigenvalue weighted by atomic mass is 9.98. The molecule has 0 aliphatic heterocycles. The number of fused-ring (bicyclic) bond motifs is 1. The SMILES string of the molecule is CC(C)c1c(O)cnc2c(Cl)cccc12. The lowest BCUT2D eigenvalue weighted by Gasteiger charge is -2.11. The maximum absolute atomic E-state index is 9.76. The molecule has 0 unspecified atom stereocenters. The monoisotopic (exact) mass is 221 g/mol. The third-order valence-electron chi connectivity index (χ3n) is 2.45. The van der Waals surface area contributed by atoms with Gasteiger partial charge in [0, 0.05) is 10.9 Å². The molecule has 0 bridgehead atoms. The summed E-state index contributed by atoms with van der Waals surface area (Å²) in [5, 5.41) is 11.3. The van der Waals surface area contributed by atoms with Crippen molar-refractivity contribution >= 4 is 22.5 Å². The second-order valence-electron chi connectivity index (χ2n) is 3.85. The van der Waals surface area contributed by atoms with Crippen LogP contribution in [0.25, 0.3) is 10.9 Å². The molecule has 78 valence electrons. The number of para-hydroxylation sites is 1. The molecule has 0 aliphatic carbocycles. The first-order chi connectivity index (χ1) is 7.11. The Morgan fingerprint density at radius 2 is 2.07 bits per heavy atom. The van der Waals surface area contributed by atoms with Gasteiger partial charge in [-0.25, -0.2) is 0 Å². The molecule has 2 nitrogen and oxygen atoms in total. The van der Waals surface area contributed by atoms with Crippen LogP contribution in [0.15, 0.2) is 24.4 Å². The number of hydrogen-bond donors (Lipinski definition) is 1. The van der Waals surface area contributed by atoms with Crippen molar-refractivity contribution < 1.29 is 5.11 Å². The summed E-state index contributed by atoms with van der Waals surface area (Å²) in [5.74, 6) is 0.480. The van der Waals surface area contributed by atoms with E-state index in [0.29, 0.717) is 5.02 Å². The third kappa shape index (κ3) is 1.65. The Hall–Kier alpha value is -1.28. The molecule has 15 heavy (non-hydrogen) atoms. The van der Waals surface area contributed by atoms with Gasteiger partial charge in [0.05, 0.1) is 16.7 Å². The number of aromatic hydroxyl groups is 1. The molecule has 2 rings (SSSR count). The van der Waals surface area contributed by atoms with Crippen LogP contribution in [0.1, 0.15) is 25.3 Å². The van der Waals surface area contributed by atoms with E-state index in [2.05, 4.69) is 4.98 Å². The molecule has 1 aromatic carbocycles. The van der Waals surface area contributed by atoms with Crippen molar-refractivity contribution in [1.82, 2.24) is 4.98 Å². The number of nitrogens with zero attached hydrogens (tertiary/aromatic N) is 1. The second-order valence-corrected chi connectivity index (χ2v) is 4.26. The molecular formula is C12H12ClNO. The highest BCUT2D eigenvalue weighted by Gasteiger charge is 2.12. The molecule has 0 atom stereocenters. The second kappa shape index (κ2) is 3.70. The molecule has 0 saturated carbocycles. The zero-order valence-corrected chi connectivity index (χ0v) is 9.42. The highest BCUT2D eigenvalue weighted by molar-refractivity contribution is 6.35. The molecular weight excluding hydrogens is 210 g/mol. The number of benzene rings is 1. The number of aromatic nitrogens is 1. The molecule has 0 amide bonds. The van der Waals surface area contributed by atoms with E-state index in [1.54, 1.807) is 6.07 Å². The predicted octanol–water partition coefficient (Wildman–Crippen LogP) is 3.72. The van der Waals surface area contributed by atoms with Crippen molar-refractivity contribution in [2.24, 2.45) is 0 Å². The molecule has 2 aromatic rings. The summed E-state index contributed by atoms with van der Waals surface area (Å²) in [6, 6.07) is 5.61. The Labute approximate surface area is 93.5 Å². The van der Waals surface area contributed by atoms with Crippen molar-refractivity contribution in [3.8, 4) is 5.75 Å². The van der Waals surface area contributed by atoms with E-state index in [-0.39, 0.29) is 11.7 Å². The average Bonchev–Trinajstić information content (AvgIpc) is 2.17. The van der Waals surface area contributed by atoms with E-state index in [1.807, 2.05) is 26.0 Å². The summed E-state index contributed by atoms with van der Waals surface area (Å²) in [4.78, 5) is 4.14. The van der Waals surface area contributed by atoms with Crippen molar-refractivity contribution in [2.45, 2.75) is 19.8 Å². The van der Waals surface area contributed by atoms with Gasteiger partial charge in [-0.3, -0.25) is 4.98 Å². The van der Waals surface area contributed by atoms with Crippen LogP contribution in [0.2, 0.25) is 5.02 Å². The highest BCUT2D eigenvalue weighted by atomic mass is 35.5. The van der Waals surface area contributed by atoms with Crippen LogP contribution in [0, 0.1) is 0 Å². The van der Waals surface area contributed by atoms with E-state index < -0.39 is 0 Å². The maximum Gasteiger partial charge on any atom is 0.137 e. The first-order valence-electron chi connectivity index (χ1n) is 4.87. The highest BCUT2D eigenvalue weighted by Crippen LogP contribution is 2.33. The third-order valence-corrected chi connectivity index (χ3v) is 2.75. The van der Waals surface area contributed by atoms with Gasteiger partial charge in [0.15, 0.2) is 0 Å². The first-order valence-corrected chi connectivity index (χ1v) is 5.25. The Morgan fingerprint density at radius 1 is 1.33 bits per heavy atom. The smallest absolute Gasteiger partial charge is 0.137 e. The molecule has 1 heterocycles. The van der Waals surface area contributed by atoms with E-state index >= 15 is 0 Å². The summed E-state index contributed by atoms with van der Waals surface area (Å²) in [6.45, 7) is 4.07. The Morgan fingerprint density at radius 3 is 2.73 bits per heavy atom. The van der Waals surface area contributed by atoms with Gasteiger partial charge in [0.25, 0.3) is 0 Å². The van der Waals surface area contributed by atoms with E-state index in [0.717, 1.165) is 16.5 Å². The molecule has 3 heteroatoms. The molecule has 0 radical (unpaired) electrons. The molecule has 1 aromatic heterocycles. The van der Waals surface area contributed by atoms with E-state index in [4.69, 9.17) is 11.6 Å². The minimum atomic E-state index is 0.236.